The van der Waals surface area contributed by atoms with E-state index in [1.807, 2.05) is 0 Å². The van der Waals surface area contributed by atoms with Crippen molar-refractivity contribution in [1.29, 1.82) is 0 Å². The van der Waals surface area contributed by atoms with E-state index in [-0.39, 0.29) is 5.12 Å². The molecule has 3 rings (SSSR count). The molecular weight excluding hydrogens is 208 g/mol. The molecule has 3 fully saturated rings. The fourth-order valence-corrected chi connectivity index (χ4v) is 3.52. The number of nitrogens with zero attached hydrogens (tertiary/aromatic N) is 2. The van der Waals surface area contributed by atoms with E-state index in [0.29, 0.717) is 0 Å². The van der Waals surface area contributed by atoms with Gasteiger partial charge in [0.15, 0.2) is 5.12 Å². The maximum Gasteiger partial charge on any atom is 0.186 e. The van der Waals surface area contributed by atoms with Crippen molar-refractivity contribution < 1.29 is 13.8 Å². The van der Waals surface area contributed by atoms with Crippen molar-refractivity contribution in [2.24, 2.45) is 0 Å². The summed E-state index contributed by atoms with van der Waals surface area (Å²) in [4.78, 5) is 10.9. The van der Waals surface area contributed by atoms with Crippen LogP contribution in [0.1, 0.15) is 6.92 Å². The largest absolute Gasteiger partial charge is 0.312 e. The van der Waals surface area contributed by atoms with E-state index in [9.17, 15) is 4.79 Å². The van der Waals surface area contributed by atoms with Gasteiger partial charge in [0.1, 0.15) is 39.3 Å². The first-order valence-electron chi connectivity index (χ1n) is 5.86. The molecule has 15 heavy (non-hydrogen) atoms. The van der Waals surface area contributed by atoms with Crippen LogP contribution in [0.25, 0.3) is 0 Å². The summed E-state index contributed by atoms with van der Waals surface area (Å²) in [6.45, 7) is 10.9. The van der Waals surface area contributed by atoms with Gasteiger partial charge in [-0.25, -0.2) is 0 Å². The maximum atomic E-state index is 10.9. The molecule has 3 nitrogen and oxygen atoms in total. The van der Waals surface area contributed by atoms with Crippen LogP contribution < -0.4 is 0 Å². The number of rotatable bonds is 3. The zero-order valence-corrected chi connectivity index (χ0v) is 10.7. The first-order valence-corrected chi connectivity index (χ1v) is 6.84. The second-order valence-electron chi connectivity index (χ2n) is 5.37. The molecule has 0 spiro atoms. The zero-order valence-electron chi connectivity index (χ0n) is 9.87. The smallest absolute Gasteiger partial charge is 0.186 e. The second kappa shape index (κ2) is 4.07. The van der Waals surface area contributed by atoms with Crippen LogP contribution in [-0.4, -0.2) is 72.7 Å². The highest BCUT2D eigenvalue weighted by molar-refractivity contribution is 8.13. The summed E-state index contributed by atoms with van der Waals surface area (Å²) < 4.78 is 2.58. The molecule has 0 aromatic rings. The minimum Gasteiger partial charge on any atom is -0.312 e. The molecule has 3 saturated heterocycles. The van der Waals surface area contributed by atoms with Crippen LogP contribution >= 0.6 is 11.8 Å². The molecule has 86 valence electrons. The lowest BCUT2D eigenvalue weighted by molar-refractivity contribution is -1.07. The first-order chi connectivity index (χ1) is 7.04. The molecule has 0 unspecified atom stereocenters. The van der Waals surface area contributed by atoms with E-state index >= 15 is 0 Å². The molecule has 0 amide bonds. The number of fused-ring (bicyclic) bond motifs is 3. The Hall–Kier alpha value is -0.0600. The van der Waals surface area contributed by atoms with E-state index in [2.05, 4.69) is 7.05 Å². The Bertz CT molecular complexity index is 243. The minimum atomic E-state index is 0.267. The van der Waals surface area contributed by atoms with Crippen LogP contribution in [0.5, 0.6) is 0 Å². The molecule has 0 aromatic heterocycles. The van der Waals surface area contributed by atoms with E-state index in [4.69, 9.17) is 0 Å². The zero-order chi connectivity index (χ0) is 10.9. The number of likely N-dealkylation sites (N-methyl/N-ethyl adjacent to an activating group) is 1. The van der Waals surface area contributed by atoms with Gasteiger partial charge in [0.2, 0.25) is 0 Å². The summed E-state index contributed by atoms with van der Waals surface area (Å²) >= 11 is 1.50. The van der Waals surface area contributed by atoms with Crippen LogP contribution in [0, 0.1) is 0 Å². The molecule has 4 heteroatoms. The van der Waals surface area contributed by atoms with Crippen LogP contribution in [0.15, 0.2) is 0 Å². The van der Waals surface area contributed by atoms with Gasteiger partial charge in [-0.1, -0.05) is 11.8 Å². The number of hydrogen-bond donors (Lipinski definition) is 0. The van der Waals surface area contributed by atoms with Crippen molar-refractivity contribution in [2.75, 3.05) is 58.6 Å². The molecule has 3 aliphatic rings. The summed E-state index contributed by atoms with van der Waals surface area (Å²) in [5, 5.41) is 0.267. The molecule has 2 bridgehead atoms. The van der Waals surface area contributed by atoms with Gasteiger partial charge in [-0.05, 0) is 0 Å². The van der Waals surface area contributed by atoms with E-state index in [0.717, 1.165) is 5.75 Å². The molecule has 0 atom stereocenters. The second-order valence-corrected chi connectivity index (χ2v) is 6.64. The third-order valence-electron chi connectivity index (χ3n) is 4.21. The lowest BCUT2D eigenvalue weighted by Crippen LogP contribution is -2.74. The summed E-state index contributed by atoms with van der Waals surface area (Å²) in [5.41, 5.74) is 0. The van der Waals surface area contributed by atoms with Gasteiger partial charge < -0.3 is 8.97 Å². The third kappa shape index (κ3) is 2.55. The number of quaternary nitrogens is 2. The molecule has 0 radical (unpaired) electrons. The van der Waals surface area contributed by atoms with Gasteiger partial charge in [-0.3, -0.25) is 4.79 Å². The van der Waals surface area contributed by atoms with Crippen LogP contribution in [0.3, 0.4) is 0 Å². The van der Waals surface area contributed by atoms with Gasteiger partial charge >= 0.3 is 0 Å². The Morgan fingerprint density at radius 1 is 1.13 bits per heavy atom. The van der Waals surface area contributed by atoms with Crippen molar-refractivity contribution in [3.05, 3.63) is 0 Å². The number of piperazine rings is 3. The van der Waals surface area contributed by atoms with Gasteiger partial charge in [-0.15, -0.1) is 0 Å². The Morgan fingerprint density at radius 2 is 1.67 bits per heavy atom. The van der Waals surface area contributed by atoms with E-state index < -0.39 is 0 Å². The molecule has 0 saturated carbocycles. The average Bonchev–Trinajstić information content (AvgIpc) is 2.20. The fourth-order valence-electron chi connectivity index (χ4n) is 2.75. The normalized spacial score (nSPS) is 39.3. The van der Waals surface area contributed by atoms with E-state index in [1.165, 1.54) is 66.5 Å². The lowest BCUT2D eigenvalue weighted by atomic mass is 10.1. The number of carbonyl (C=O) groups is 1. The predicted octanol–water partition coefficient (Wildman–Crippen LogP) is 0.557. The van der Waals surface area contributed by atoms with Crippen LogP contribution in [0.4, 0.5) is 0 Å². The SMILES string of the molecule is CC(=O)SCC[N+]12CC[N+](C)(CC1)CC2. The van der Waals surface area contributed by atoms with Gasteiger partial charge in [0.25, 0.3) is 0 Å². The standard InChI is InChI=1S/C11H22N2OS/c1-11(14)15-10-9-13-6-3-12(2,4-7-13)5-8-13/h3-10H2,1-2H3/q+2. The number of thioether (sulfide) groups is 1. The molecule has 3 aliphatic heterocycles. The Balaban J connectivity index is 1.84. The van der Waals surface area contributed by atoms with Crippen molar-refractivity contribution in [1.82, 2.24) is 0 Å². The molecule has 0 N–H and O–H groups in total. The van der Waals surface area contributed by atoms with E-state index in [1.54, 1.807) is 6.92 Å². The van der Waals surface area contributed by atoms with Crippen LogP contribution in [0.2, 0.25) is 0 Å². The molecule has 3 heterocycles. The van der Waals surface area contributed by atoms with Gasteiger partial charge in [0.05, 0.1) is 19.3 Å². The van der Waals surface area contributed by atoms with Crippen molar-refractivity contribution in [3.8, 4) is 0 Å². The quantitative estimate of drug-likeness (QED) is 0.659. The summed E-state index contributed by atoms with van der Waals surface area (Å²) in [5.74, 6) is 1.01. The van der Waals surface area contributed by atoms with Gasteiger partial charge in [0, 0.05) is 6.92 Å². The Morgan fingerprint density at radius 3 is 2.13 bits per heavy atom. The highest BCUT2D eigenvalue weighted by Gasteiger charge is 2.46. The third-order valence-corrected chi connectivity index (χ3v) is 5.01. The Kier molecular flexibility index (Phi) is 3.10. The summed E-state index contributed by atoms with van der Waals surface area (Å²) in [7, 11) is 2.39. The lowest BCUT2D eigenvalue weighted by Gasteiger charge is -2.54. The van der Waals surface area contributed by atoms with Crippen molar-refractivity contribution in [3.63, 3.8) is 0 Å². The molecule has 0 aliphatic carbocycles. The van der Waals surface area contributed by atoms with Crippen molar-refractivity contribution in [2.45, 2.75) is 6.92 Å². The summed E-state index contributed by atoms with van der Waals surface area (Å²) in [6.07, 6.45) is 0. The van der Waals surface area contributed by atoms with Gasteiger partial charge in [-0.2, -0.15) is 0 Å². The maximum absolute atomic E-state index is 10.9. The highest BCUT2D eigenvalue weighted by Crippen LogP contribution is 2.25. The average molecular weight is 230 g/mol. The molecular formula is C11H22N2OS+2. The van der Waals surface area contributed by atoms with Crippen LogP contribution in [-0.2, 0) is 4.79 Å². The monoisotopic (exact) mass is 230 g/mol. The fraction of sp³-hybridized carbons (Fsp3) is 0.909. The number of hydrogen-bond acceptors (Lipinski definition) is 2. The van der Waals surface area contributed by atoms with Crippen molar-refractivity contribution >= 4 is 16.9 Å². The topological polar surface area (TPSA) is 17.1 Å². The summed E-state index contributed by atoms with van der Waals surface area (Å²) in [6, 6.07) is 0. The number of carbonyl (C=O) groups excluding carboxylic acids is 1. The Labute approximate surface area is 96.6 Å². The highest BCUT2D eigenvalue weighted by atomic mass is 32.2. The minimum absolute atomic E-state index is 0.267. The molecule has 0 aromatic carbocycles. The first kappa shape index (κ1) is 11.4. The predicted molar refractivity (Wildman–Crippen MR) is 63.7 cm³/mol.